The van der Waals surface area contributed by atoms with E-state index in [1.807, 2.05) is 0 Å². The van der Waals surface area contributed by atoms with Crippen LogP contribution in [-0.4, -0.2) is 31.1 Å². The summed E-state index contributed by atoms with van der Waals surface area (Å²) in [4.78, 5) is 2.77. The Bertz CT molecular complexity index is 523. The van der Waals surface area contributed by atoms with Gasteiger partial charge in [-0.2, -0.15) is 0 Å². The third-order valence-corrected chi connectivity index (χ3v) is 6.84. The molecule has 0 amide bonds. The van der Waals surface area contributed by atoms with Crippen LogP contribution < -0.4 is 5.32 Å². The summed E-state index contributed by atoms with van der Waals surface area (Å²) in [7, 11) is 0. The number of likely N-dealkylation sites (tertiary alicyclic amines) is 1. The first kappa shape index (κ1) is 16.6. The van der Waals surface area contributed by atoms with Crippen LogP contribution in [0.15, 0.2) is 24.3 Å². The Morgan fingerprint density at radius 3 is 2.46 bits per heavy atom. The van der Waals surface area contributed by atoms with Gasteiger partial charge in [-0.1, -0.05) is 56.4 Å². The summed E-state index contributed by atoms with van der Waals surface area (Å²) in [5.74, 6) is 0.964. The van der Waals surface area contributed by atoms with Crippen LogP contribution in [0.2, 0.25) is 0 Å². The van der Waals surface area contributed by atoms with E-state index in [-0.39, 0.29) is 5.54 Å². The Balaban J connectivity index is 1.37. The molecule has 0 bridgehead atoms. The Labute approximate surface area is 148 Å². The zero-order valence-electron chi connectivity index (χ0n) is 15.2. The van der Waals surface area contributed by atoms with E-state index < -0.39 is 0 Å². The zero-order valence-corrected chi connectivity index (χ0v) is 15.2. The van der Waals surface area contributed by atoms with Crippen molar-refractivity contribution in [1.29, 1.82) is 0 Å². The molecule has 1 saturated heterocycles. The molecule has 4 rings (SSSR count). The molecule has 24 heavy (non-hydrogen) atoms. The SMILES string of the molecule is c1ccc2c(c1)CCNC21CCN(CC2CCCCCCC2)CC1. The molecule has 2 fully saturated rings. The highest BCUT2D eigenvalue weighted by molar-refractivity contribution is 5.36. The lowest BCUT2D eigenvalue weighted by atomic mass is 9.75. The fourth-order valence-corrected chi connectivity index (χ4v) is 5.39. The van der Waals surface area contributed by atoms with Gasteiger partial charge >= 0.3 is 0 Å². The highest BCUT2D eigenvalue weighted by Crippen LogP contribution is 2.38. The smallest absolute Gasteiger partial charge is 0.0461 e. The predicted molar refractivity (Wildman–Crippen MR) is 101 cm³/mol. The maximum atomic E-state index is 3.91. The van der Waals surface area contributed by atoms with Crippen molar-refractivity contribution in [3.63, 3.8) is 0 Å². The molecule has 2 nitrogen and oxygen atoms in total. The Morgan fingerprint density at radius 2 is 1.67 bits per heavy atom. The van der Waals surface area contributed by atoms with Gasteiger partial charge in [0.05, 0.1) is 0 Å². The number of benzene rings is 1. The lowest BCUT2D eigenvalue weighted by molar-refractivity contribution is 0.109. The average molecular weight is 327 g/mol. The van der Waals surface area contributed by atoms with Crippen molar-refractivity contribution in [2.24, 2.45) is 5.92 Å². The van der Waals surface area contributed by atoms with E-state index in [9.17, 15) is 0 Å². The first-order valence-corrected chi connectivity index (χ1v) is 10.4. The Morgan fingerprint density at radius 1 is 0.958 bits per heavy atom. The van der Waals surface area contributed by atoms with E-state index in [0.29, 0.717) is 0 Å². The van der Waals surface area contributed by atoms with Crippen LogP contribution in [0.3, 0.4) is 0 Å². The van der Waals surface area contributed by atoms with Gasteiger partial charge < -0.3 is 10.2 Å². The third kappa shape index (κ3) is 3.55. The maximum Gasteiger partial charge on any atom is 0.0461 e. The second-order valence-electron chi connectivity index (χ2n) is 8.43. The van der Waals surface area contributed by atoms with Crippen LogP contribution in [0.1, 0.15) is 68.9 Å². The van der Waals surface area contributed by atoms with Crippen LogP contribution in [0.4, 0.5) is 0 Å². The van der Waals surface area contributed by atoms with Crippen molar-refractivity contribution in [3.8, 4) is 0 Å². The van der Waals surface area contributed by atoms with E-state index >= 15 is 0 Å². The summed E-state index contributed by atoms with van der Waals surface area (Å²) in [6, 6.07) is 9.17. The highest BCUT2D eigenvalue weighted by Gasteiger charge is 2.39. The van der Waals surface area contributed by atoms with E-state index in [2.05, 4.69) is 34.5 Å². The monoisotopic (exact) mass is 326 g/mol. The predicted octanol–water partition coefficient (Wildman–Crippen LogP) is 4.48. The molecule has 2 aliphatic heterocycles. The number of rotatable bonds is 2. The highest BCUT2D eigenvalue weighted by atomic mass is 15.2. The molecule has 0 radical (unpaired) electrons. The molecule has 132 valence electrons. The van der Waals surface area contributed by atoms with Crippen LogP contribution in [0.25, 0.3) is 0 Å². The number of hydrogen-bond acceptors (Lipinski definition) is 2. The number of nitrogens with zero attached hydrogens (tertiary/aromatic N) is 1. The first-order valence-electron chi connectivity index (χ1n) is 10.4. The fraction of sp³-hybridized carbons (Fsp3) is 0.727. The van der Waals surface area contributed by atoms with Crippen molar-refractivity contribution in [1.82, 2.24) is 10.2 Å². The average Bonchev–Trinajstić information content (AvgIpc) is 2.60. The van der Waals surface area contributed by atoms with Crippen molar-refractivity contribution >= 4 is 0 Å². The maximum absolute atomic E-state index is 3.91. The molecular weight excluding hydrogens is 292 g/mol. The van der Waals surface area contributed by atoms with Crippen molar-refractivity contribution in [2.75, 3.05) is 26.2 Å². The van der Waals surface area contributed by atoms with Gasteiger partial charge in [-0.3, -0.25) is 0 Å². The minimum atomic E-state index is 0.270. The quantitative estimate of drug-likeness (QED) is 0.862. The normalized spacial score (nSPS) is 25.8. The number of piperidine rings is 1. The Kier molecular flexibility index (Phi) is 5.24. The first-order chi connectivity index (χ1) is 11.9. The molecule has 1 saturated carbocycles. The van der Waals surface area contributed by atoms with Crippen LogP contribution in [-0.2, 0) is 12.0 Å². The lowest BCUT2D eigenvalue weighted by Crippen LogP contribution is -2.54. The second kappa shape index (κ2) is 7.58. The second-order valence-corrected chi connectivity index (χ2v) is 8.43. The Hall–Kier alpha value is -0.860. The van der Waals surface area contributed by atoms with Gasteiger partial charge in [0.2, 0.25) is 0 Å². The minimum Gasteiger partial charge on any atom is -0.307 e. The molecule has 2 heterocycles. The number of hydrogen-bond donors (Lipinski definition) is 1. The van der Waals surface area contributed by atoms with E-state index in [1.54, 1.807) is 11.1 Å². The standard InChI is InChI=1S/C22H34N2/c1-2-4-8-19(9-5-3-1)18-24-16-13-22(14-17-24)21-11-7-6-10-20(21)12-15-23-22/h6-7,10-11,19,23H,1-5,8-9,12-18H2. The molecule has 0 unspecified atom stereocenters. The van der Waals surface area contributed by atoms with E-state index in [1.165, 1.54) is 83.8 Å². The van der Waals surface area contributed by atoms with Gasteiger partial charge in [0.1, 0.15) is 0 Å². The minimum absolute atomic E-state index is 0.270. The molecule has 1 aromatic carbocycles. The molecule has 1 N–H and O–H groups in total. The number of fused-ring (bicyclic) bond motifs is 2. The molecule has 0 aromatic heterocycles. The summed E-state index contributed by atoms with van der Waals surface area (Å²) in [6.07, 6.45) is 14.1. The molecule has 1 aliphatic carbocycles. The van der Waals surface area contributed by atoms with Gasteiger partial charge in [-0.25, -0.2) is 0 Å². The summed E-state index contributed by atoms with van der Waals surface area (Å²) in [6.45, 7) is 5.06. The molecule has 1 aromatic rings. The van der Waals surface area contributed by atoms with Gasteiger partial charge in [-0.05, 0) is 49.1 Å². The van der Waals surface area contributed by atoms with Crippen LogP contribution in [0.5, 0.6) is 0 Å². The summed E-state index contributed by atoms with van der Waals surface area (Å²) >= 11 is 0. The zero-order chi connectivity index (χ0) is 16.2. The van der Waals surface area contributed by atoms with E-state index in [4.69, 9.17) is 0 Å². The topological polar surface area (TPSA) is 15.3 Å². The van der Waals surface area contributed by atoms with Gasteiger partial charge in [0.15, 0.2) is 0 Å². The third-order valence-electron chi connectivity index (χ3n) is 6.84. The van der Waals surface area contributed by atoms with Crippen molar-refractivity contribution in [3.05, 3.63) is 35.4 Å². The molecule has 2 heteroatoms. The molecule has 3 aliphatic rings. The molecular formula is C22H34N2. The van der Waals surface area contributed by atoms with Crippen molar-refractivity contribution in [2.45, 2.75) is 69.7 Å². The van der Waals surface area contributed by atoms with Gasteiger partial charge in [0, 0.05) is 31.7 Å². The summed E-state index contributed by atoms with van der Waals surface area (Å²) < 4.78 is 0. The molecule has 0 atom stereocenters. The molecule has 1 spiro atoms. The fourth-order valence-electron chi connectivity index (χ4n) is 5.39. The van der Waals surface area contributed by atoms with E-state index in [0.717, 1.165) is 12.5 Å². The van der Waals surface area contributed by atoms with Gasteiger partial charge in [0.25, 0.3) is 0 Å². The van der Waals surface area contributed by atoms with Crippen molar-refractivity contribution < 1.29 is 0 Å². The summed E-state index contributed by atoms with van der Waals surface area (Å²) in [5, 5.41) is 3.91. The number of nitrogens with one attached hydrogen (secondary N) is 1. The van der Waals surface area contributed by atoms with Gasteiger partial charge in [-0.15, -0.1) is 0 Å². The van der Waals surface area contributed by atoms with Crippen LogP contribution >= 0.6 is 0 Å². The largest absolute Gasteiger partial charge is 0.307 e. The lowest BCUT2D eigenvalue weighted by Gasteiger charge is -2.46. The van der Waals surface area contributed by atoms with Crippen LogP contribution in [0, 0.1) is 5.92 Å². The summed E-state index contributed by atoms with van der Waals surface area (Å²) in [5.41, 5.74) is 3.46.